The molecule has 18 heavy (non-hydrogen) atoms. The first-order valence-electron chi connectivity index (χ1n) is 7.17. The molecule has 0 fully saturated rings. The van der Waals surface area contributed by atoms with Crippen molar-refractivity contribution in [2.75, 3.05) is 6.61 Å². The zero-order valence-electron chi connectivity index (χ0n) is 11.9. The second kappa shape index (κ2) is 8.28. The van der Waals surface area contributed by atoms with Gasteiger partial charge in [0.1, 0.15) is 0 Å². The van der Waals surface area contributed by atoms with E-state index in [1.54, 1.807) is 0 Å². The Morgan fingerprint density at radius 1 is 1.17 bits per heavy atom. The largest absolute Gasteiger partial charge is 0.396 e. The Hall–Kier alpha value is -0.860. The Morgan fingerprint density at radius 3 is 2.33 bits per heavy atom. The highest BCUT2D eigenvalue weighted by atomic mass is 16.3. The highest BCUT2D eigenvalue weighted by Gasteiger charge is 2.11. The highest BCUT2D eigenvalue weighted by molar-refractivity contribution is 5.24. The van der Waals surface area contributed by atoms with Crippen LogP contribution in [0.1, 0.15) is 57.2 Å². The van der Waals surface area contributed by atoms with Crippen LogP contribution in [0.25, 0.3) is 0 Å². The lowest BCUT2D eigenvalue weighted by Gasteiger charge is -2.22. The summed E-state index contributed by atoms with van der Waals surface area (Å²) in [5, 5.41) is 12.6. The predicted octanol–water partition coefficient (Wildman–Crippen LogP) is 3.45. The molecular weight excluding hydrogens is 222 g/mol. The number of aryl methyl sites for hydroxylation is 1. The van der Waals surface area contributed by atoms with Crippen molar-refractivity contribution in [2.24, 2.45) is 0 Å². The fourth-order valence-corrected chi connectivity index (χ4v) is 2.27. The summed E-state index contributed by atoms with van der Waals surface area (Å²) >= 11 is 0. The molecule has 0 spiro atoms. The van der Waals surface area contributed by atoms with Gasteiger partial charge in [-0.2, -0.15) is 0 Å². The maximum Gasteiger partial charge on any atom is 0.0445 e. The third kappa shape index (κ3) is 4.79. The smallest absolute Gasteiger partial charge is 0.0445 e. The van der Waals surface area contributed by atoms with Crippen molar-refractivity contribution in [1.82, 2.24) is 5.32 Å². The van der Waals surface area contributed by atoms with E-state index in [-0.39, 0.29) is 6.61 Å². The van der Waals surface area contributed by atoms with Gasteiger partial charge in [0, 0.05) is 18.7 Å². The third-order valence-electron chi connectivity index (χ3n) is 3.47. The van der Waals surface area contributed by atoms with Gasteiger partial charge in [-0.1, -0.05) is 44.5 Å². The number of rotatable bonds is 8. The molecule has 2 N–H and O–H groups in total. The summed E-state index contributed by atoms with van der Waals surface area (Å²) in [6.07, 6.45) is 4.24. The average molecular weight is 249 g/mol. The summed E-state index contributed by atoms with van der Waals surface area (Å²) in [7, 11) is 0. The summed E-state index contributed by atoms with van der Waals surface area (Å²) in [6.45, 7) is 6.81. The molecule has 102 valence electrons. The number of aliphatic hydroxyl groups is 1. The number of hydrogen-bond donors (Lipinski definition) is 2. The molecular formula is C16H27NO. The van der Waals surface area contributed by atoms with Gasteiger partial charge in [0.15, 0.2) is 0 Å². The maximum atomic E-state index is 9.01. The van der Waals surface area contributed by atoms with E-state index in [1.807, 2.05) is 0 Å². The molecule has 0 heterocycles. The van der Waals surface area contributed by atoms with Crippen LogP contribution in [0.2, 0.25) is 0 Å². The SMILES string of the molecule is CCCc1ccc(C(C)NC(CC)CCO)cc1. The molecule has 0 aliphatic carbocycles. The minimum absolute atomic E-state index is 0.258. The Bertz CT molecular complexity index is 320. The van der Waals surface area contributed by atoms with Crippen molar-refractivity contribution in [2.45, 2.75) is 58.5 Å². The molecule has 0 aromatic heterocycles. The molecule has 2 unspecified atom stereocenters. The van der Waals surface area contributed by atoms with Crippen LogP contribution in [0.15, 0.2) is 24.3 Å². The zero-order chi connectivity index (χ0) is 13.4. The van der Waals surface area contributed by atoms with E-state index in [0.29, 0.717) is 12.1 Å². The number of hydrogen-bond acceptors (Lipinski definition) is 2. The number of aliphatic hydroxyl groups excluding tert-OH is 1. The van der Waals surface area contributed by atoms with Crippen molar-refractivity contribution in [3.05, 3.63) is 35.4 Å². The van der Waals surface area contributed by atoms with E-state index >= 15 is 0 Å². The normalized spacial score (nSPS) is 14.4. The second-order valence-electron chi connectivity index (χ2n) is 5.00. The summed E-state index contributed by atoms with van der Waals surface area (Å²) in [5.74, 6) is 0. The summed E-state index contributed by atoms with van der Waals surface area (Å²) < 4.78 is 0. The summed E-state index contributed by atoms with van der Waals surface area (Å²) in [6, 6.07) is 9.63. The van der Waals surface area contributed by atoms with Gasteiger partial charge in [-0.15, -0.1) is 0 Å². The highest BCUT2D eigenvalue weighted by Crippen LogP contribution is 2.16. The first-order valence-corrected chi connectivity index (χ1v) is 7.17. The molecule has 0 aliphatic heterocycles. The standard InChI is InChI=1S/C16H27NO/c1-4-6-14-7-9-15(10-8-14)13(3)17-16(5-2)11-12-18/h7-10,13,16-18H,4-6,11-12H2,1-3H3. The monoisotopic (exact) mass is 249 g/mol. The minimum atomic E-state index is 0.258. The van der Waals surface area contributed by atoms with Gasteiger partial charge in [-0.25, -0.2) is 0 Å². The van der Waals surface area contributed by atoms with E-state index < -0.39 is 0 Å². The van der Waals surface area contributed by atoms with Crippen molar-refractivity contribution >= 4 is 0 Å². The van der Waals surface area contributed by atoms with Gasteiger partial charge in [-0.05, 0) is 37.3 Å². The van der Waals surface area contributed by atoms with E-state index in [4.69, 9.17) is 5.11 Å². The summed E-state index contributed by atoms with van der Waals surface area (Å²) in [5.41, 5.74) is 2.74. The quantitative estimate of drug-likeness (QED) is 0.739. The molecule has 2 atom stereocenters. The van der Waals surface area contributed by atoms with Gasteiger partial charge in [0.25, 0.3) is 0 Å². The van der Waals surface area contributed by atoms with Gasteiger partial charge >= 0.3 is 0 Å². The van der Waals surface area contributed by atoms with E-state index in [2.05, 4.69) is 50.4 Å². The van der Waals surface area contributed by atoms with Crippen LogP contribution in [0.3, 0.4) is 0 Å². The van der Waals surface area contributed by atoms with Crippen molar-refractivity contribution in [3.63, 3.8) is 0 Å². The molecule has 0 radical (unpaired) electrons. The van der Waals surface area contributed by atoms with Crippen LogP contribution >= 0.6 is 0 Å². The fraction of sp³-hybridized carbons (Fsp3) is 0.625. The third-order valence-corrected chi connectivity index (χ3v) is 3.47. The van der Waals surface area contributed by atoms with Crippen LogP contribution in [0.4, 0.5) is 0 Å². The van der Waals surface area contributed by atoms with Crippen molar-refractivity contribution in [1.29, 1.82) is 0 Å². The van der Waals surface area contributed by atoms with Crippen LogP contribution in [-0.4, -0.2) is 17.8 Å². The molecule has 0 saturated carbocycles. The van der Waals surface area contributed by atoms with E-state index in [9.17, 15) is 0 Å². The topological polar surface area (TPSA) is 32.3 Å². The molecule has 0 saturated heterocycles. The minimum Gasteiger partial charge on any atom is -0.396 e. The molecule has 2 nitrogen and oxygen atoms in total. The van der Waals surface area contributed by atoms with Gasteiger partial charge in [0.2, 0.25) is 0 Å². The van der Waals surface area contributed by atoms with E-state index in [0.717, 1.165) is 19.3 Å². The van der Waals surface area contributed by atoms with Gasteiger partial charge < -0.3 is 10.4 Å². The second-order valence-corrected chi connectivity index (χ2v) is 5.00. The molecule has 0 aliphatic rings. The Labute approximate surface area is 111 Å². The lowest BCUT2D eigenvalue weighted by Crippen LogP contribution is -2.31. The molecule has 1 aromatic rings. The average Bonchev–Trinajstić information content (AvgIpc) is 2.39. The lowest BCUT2D eigenvalue weighted by molar-refractivity contribution is 0.257. The first kappa shape index (κ1) is 15.2. The number of benzene rings is 1. The summed E-state index contributed by atoms with van der Waals surface area (Å²) in [4.78, 5) is 0. The van der Waals surface area contributed by atoms with E-state index in [1.165, 1.54) is 17.5 Å². The first-order chi connectivity index (χ1) is 8.71. The molecule has 2 heteroatoms. The molecule has 1 rings (SSSR count). The van der Waals surface area contributed by atoms with Crippen molar-refractivity contribution < 1.29 is 5.11 Å². The van der Waals surface area contributed by atoms with Crippen LogP contribution in [-0.2, 0) is 6.42 Å². The Morgan fingerprint density at radius 2 is 1.83 bits per heavy atom. The maximum absolute atomic E-state index is 9.01. The molecule has 1 aromatic carbocycles. The van der Waals surface area contributed by atoms with Crippen LogP contribution < -0.4 is 5.32 Å². The number of nitrogens with one attached hydrogen (secondary N) is 1. The van der Waals surface area contributed by atoms with Gasteiger partial charge in [-0.3, -0.25) is 0 Å². The fourth-order valence-electron chi connectivity index (χ4n) is 2.27. The molecule has 0 amide bonds. The van der Waals surface area contributed by atoms with Gasteiger partial charge in [0.05, 0.1) is 0 Å². The van der Waals surface area contributed by atoms with Crippen LogP contribution in [0, 0.1) is 0 Å². The molecule has 0 bridgehead atoms. The Balaban J connectivity index is 2.57. The Kier molecular flexibility index (Phi) is 6.99. The lowest BCUT2D eigenvalue weighted by atomic mass is 10.0. The predicted molar refractivity (Wildman–Crippen MR) is 77.8 cm³/mol. The van der Waals surface area contributed by atoms with Crippen molar-refractivity contribution in [3.8, 4) is 0 Å². The zero-order valence-corrected chi connectivity index (χ0v) is 11.9. The van der Waals surface area contributed by atoms with Crippen LogP contribution in [0.5, 0.6) is 0 Å².